The molecule has 0 fully saturated rings. The minimum absolute atomic E-state index is 0.122. The van der Waals surface area contributed by atoms with Crippen molar-refractivity contribution in [3.8, 4) is 17.2 Å². The molecule has 9 nitrogen and oxygen atoms in total. The molecule has 0 aliphatic carbocycles. The van der Waals surface area contributed by atoms with Crippen molar-refractivity contribution in [3.05, 3.63) is 47.5 Å². The maximum atomic E-state index is 12.4. The minimum atomic E-state index is -0.290. The normalized spacial score (nSPS) is 13.8. The number of ether oxygens (including phenoxy) is 2. The number of fused-ring (bicyclic) bond motifs is 1. The number of rotatable bonds is 6. The number of hydrogen-bond donors (Lipinski definition) is 3. The molecule has 4 rings (SSSR count). The molecule has 1 aliphatic heterocycles. The Bertz CT molecular complexity index is 1190. The van der Waals surface area contributed by atoms with Crippen molar-refractivity contribution < 1.29 is 19.4 Å². The fourth-order valence-electron chi connectivity index (χ4n) is 3.73. The van der Waals surface area contributed by atoms with Gasteiger partial charge in [0.2, 0.25) is 0 Å². The van der Waals surface area contributed by atoms with Crippen LogP contribution in [0.3, 0.4) is 0 Å². The Morgan fingerprint density at radius 2 is 1.79 bits per heavy atom. The SMILES string of the molecule is CN(C)C(=O)c1cccc(Nc2nsnc2N[C@@H](c2ccc3c(c2)OCCO3)C(C)(C)C)c1O. The first-order chi connectivity index (χ1) is 16.1. The van der Waals surface area contributed by atoms with E-state index in [-0.39, 0.29) is 28.7 Å². The molecule has 1 atom stereocenters. The monoisotopic (exact) mass is 483 g/mol. The van der Waals surface area contributed by atoms with Crippen molar-refractivity contribution in [2.24, 2.45) is 5.41 Å². The number of phenols is 1. The van der Waals surface area contributed by atoms with Crippen LogP contribution in [0.1, 0.15) is 42.7 Å². The summed E-state index contributed by atoms with van der Waals surface area (Å²) in [7, 11) is 3.28. The first kappa shape index (κ1) is 23.6. The highest BCUT2D eigenvalue weighted by molar-refractivity contribution is 6.99. The van der Waals surface area contributed by atoms with Crippen LogP contribution in [-0.4, -0.2) is 52.0 Å². The maximum absolute atomic E-state index is 12.4. The van der Waals surface area contributed by atoms with Crippen LogP contribution in [0.25, 0.3) is 0 Å². The molecule has 180 valence electrons. The first-order valence-electron chi connectivity index (χ1n) is 10.9. The van der Waals surface area contributed by atoms with Crippen molar-refractivity contribution in [2.45, 2.75) is 26.8 Å². The summed E-state index contributed by atoms with van der Waals surface area (Å²) >= 11 is 1.05. The van der Waals surface area contributed by atoms with Gasteiger partial charge in [0.25, 0.3) is 5.91 Å². The van der Waals surface area contributed by atoms with E-state index in [1.54, 1.807) is 32.3 Å². The number of aromatic hydroxyl groups is 1. The van der Waals surface area contributed by atoms with E-state index in [1.165, 1.54) is 4.90 Å². The van der Waals surface area contributed by atoms with Crippen LogP contribution in [0.15, 0.2) is 36.4 Å². The van der Waals surface area contributed by atoms with E-state index in [0.29, 0.717) is 30.5 Å². The van der Waals surface area contributed by atoms with Gasteiger partial charge >= 0.3 is 0 Å². The summed E-state index contributed by atoms with van der Waals surface area (Å²) in [4.78, 5) is 13.8. The molecule has 2 heterocycles. The molecule has 2 aromatic carbocycles. The van der Waals surface area contributed by atoms with Crippen LogP contribution in [0.4, 0.5) is 17.3 Å². The number of para-hydroxylation sites is 1. The van der Waals surface area contributed by atoms with E-state index in [0.717, 1.165) is 28.8 Å². The van der Waals surface area contributed by atoms with Gasteiger partial charge in [0.15, 0.2) is 28.9 Å². The lowest BCUT2D eigenvalue weighted by Gasteiger charge is -2.33. The predicted molar refractivity (Wildman–Crippen MR) is 133 cm³/mol. The molecule has 0 saturated heterocycles. The molecule has 0 spiro atoms. The summed E-state index contributed by atoms with van der Waals surface area (Å²) in [5, 5.41) is 17.3. The van der Waals surface area contributed by atoms with Gasteiger partial charge in [-0.25, -0.2) is 0 Å². The van der Waals surface area contributed by atoms with Crippen LogP contribution >= 0.6 is 11.7 Å². The van der Waals surface area contributed by atoms with Crippen LogP contribution in [0, 0.1) is 5.41 Å². The average Bonchev–Trinajstić information content (AvgIpc) is 3.24. The zero-order valence-corrected chi connectivity index (χ0v) is 20.7. The fourth-order valence-corrected chi connectivity index (χ4v) is 4.20. The van der Waals surface area contributed by atoms with E-state index in [2.05, 4.69) is 40.2 Å². The molecule has 1 aromatic heterocycles. The van der Waals surface area contributed by atoms with Gasteiger partial charge in [0.05, 0.1) is 29.0 Å². The topological polar surface area (TPSA) is 109 Å². The Hall–Kier alpha value is -3.53. The number of carbonyl (C=O) groups is 1. The number of anilines is 3. The van der Waals surface area contributed by atoms with Gasteiger partial charge in [-0.1, -0.05) is 32.9 Å². The van der Waals surface area contributed by atoms with E-state index in [1.807, 2.05) is 18.2 Å². The Morgan fingerprint density at radius 1 is 1.09 bits per heavy atom. The fraction of sp³-hybridized carbons (Fsp3) is 0.375. The molecule has 1 amide bonds. The van der Waals surface area contributed by atoms with Gasteiger partial charge in [-0.15, -0.1) is 0 Å². The minimum Gasteiger partial charge on any atom is -0.505 e. The molecule has 1 aliphatic rings. The molecule has 0 saturated carbocycles. The van der Waals surface area contributed by atoms with Gasteiger partial charge in [-0.2, -0.15) is 8.75 Å². The highest BCUT2D eigenvalue weighted by atomic mass is 32.1. The second-order valence-electron chi connectivity index (χ2n) is 9.33. The van der Waals surface area contributed by atoms with Gasteiger partial charge in [-0.05, 0) is 35.2 Å². The number of hydrogen-bond acceptors (Lipinski definition) is 9. The lowest BCUT2D eigenvalue weighted by atomic mass is 9.82. The molecule has 34 heavy (non-hydrogen) atoms. The third-order valence-electron chi connectivity index (χ3n) is 5.46. The highest BCUT2D eigenvalue weighted by Crippen LogP contribution is 2.41. The van der Waals surface area contributed by atoms with E-state index in [4.69, 9.17) is 9.47 Å². The summed E-state index contributed by atoms with van der Waals surface area (Å²) in [6.07, 6.45) is 0. The molecule has 3 aromatic rings. The van der Waals surface area contributed by atoms with Crippen LogP contribution in [-0.2, 0) is 0 Å². The quantitative estimate of drug-likeness (QED) is 0.435. The number of amides is 1. The van der Waals surface area contributed by atoms with Crippen LogP contribution < -0.4 is 20.1 Å². The number of carbonyl (C=O) groups excluding carboxylic acids is 1. The largest absolute Gasteiger partial charge is 0.505 e. The summed E-state index contributed by atoms with van der Waals surface area (Å²) in [5.74, 6) is 2.04. The Morgan fingerprint density at radius 3 is 2.50 bits per heavy atom. The number of phenolic OH excluding ortho intramolecular Hbond substituents is 1. The van der Waals surface area contributed by atoms with Crippen molar-refractivity contribution >= 4 is 35.0 Å². The second kappa shape index (κ2) is 9.38. The van der Waals surface area contributed by atoms with Crippen LogP contribution in [0.5, 0.6) is 17.2 Å². The lowest BCUT2D eigenvalue weighted by Crippen LogP contribution is -2.26. The molecule has 10 heteroatoms. The van der Waals surface area contributed by atoms with Crippen molar-refractivity contribution in [3.63, 3.8) is 0 Å². The molecule has 3 N–H and O–H groups in total. The Labute approximate surface area is 203 Å². The third-order valence-corrected chi connectivity index (χ3v) is 5.99. The zero-order chi connectivity index (χ0) is 24.5. The number of nitrogens with zero attached hydrogens (tertiary/aromatic N) is 3. The van der Waals surface area contributed by atoms with Gasteiger partial charge in [0.1, 0.15) is 13.2 Å². The van der Waals surface area contributed by atoms with E-state index < -0.39 is 0 Å². The summed E-state index contributed by atoms with van der Waals surface area (Å²) in [6.45, 7) is 7.47. The number of aromatic nitrogens is 2. The number of nitrogens with one attached hydrogen (secondary N) is 2. The van der Waals surface area contributed by atoms with Crippen molar-refractivity contribution in [1.29, 1.82) is 0 Å². The molecule has 0 radical (unpaired) electrons. The lowest BCUT2D eigenvalue weighted by molar-refractivity contribution is 0.0824. The van der Waals surface area contributed by atoms with E-state index in [9.17, 15) is 9.90 Å². The summed E-state index contributed by atoms with van der Waals surface area (Å²) in [5.41, 5.74) is 1.42. The molecule has 0 bridgehead atoms. The number of benzene rings is 2. The zero-order valence-electron chi connectivity index (χ0n) is 19.9. The Kier molecular flexibility index (Phi) is 6.52. The van der Waals surface area contributed by atoms with E-state index >= 15 is 0 Å². The maximum Gasteiger partial charge on any atom is 0.257 e. The van der Waals surface area contributed by atoms with Crippen molar-refractivity contribution in [2.75, 3.05) is 37.9 Å². The Balaban J connectivity index is 1.62. The summed E-state index contributed by atoms with van der Waals surface area (Å²) < 4.78 is 20.2. The molecular formula is C24H29N5O4S. The first-order valence-corrected chi connectivity index (χ1v) is 11.7. The third kappa shape index (κ3) is 4.86. The highest BCUT2D eigenvalue weighted by Gasteiger charge is 2.29. The van der Waals surface area contributed by atoms with Crippen molar-refractivity contribution in [1.82, 2.24) is 13.6 Å². The van der Waals surface area contributed by atoms with Gasteiger partial charge in [0, 0.05) is 14.1 Å². The smallest absolute Gasteiger partial charge is 0.257 e. The second-order valence-corrected chi connectivity index (χ2v) is 9.86. The average molecular weight is 484 g/mol. The molecule has 0 unspecified atom stereocenters. The van der Waals surface area contributed by atoms with Gasteiger partial charge in [-0.3, -0.25) is 4.79 Å². The van der Waals surface area contributed by atoms with Gasteiger partial charge < -0.3 is 30.1 Å². The standard InChI is InChI=1S/C24H29N5O4S/c1-24(2,3)20(14-9-10-17-18(13-14)33-12-11-32-17)26-22-21(27-34-28-22)25-16-8-6-7-15(19(16)30)23(31)29(4)5/h6-10,13,20,30H,11-12H2,1-5H3,(H,25,27)(H,26,28)/t20-/m0/s1. The molecular weight excluding hydrogens is 454 g/mol. The summed E-state index contributed by atoms with van der Waals surface area (Å²) in [6, 6.07) is 10.8. The predicted octanol–water partition coefficient (Wildman–Crippen LogP) is 4.66. The van der Waals surface area contributed by atoms with Crippen LogP contribution in [0.2, 0.25) is 0 Å².